The number of alkyl halides is 1. The molecule has 5 nitrogen and oxygen atoms in total. The summed E-state index contributed by atoms with van der Waals surface area (Å²) in [4.78, 5) is 20.5. The van der Waals surface area contributed by atoms with Gasteiger partial charge in [-0.2, -0.15) is 0 Å². The molecule has 2 aromatic heterocycles. The van der Waals surface area contributed by atoms with Gasteiger partial charge in [-0.3, -0.25) is 4.79 Å². The molecule has 20 heavy (non-hydrogen) atoms. The zero-order valence-corrected chi connectivity index (χ0v) is 13.5. The Morgan fingerprint density at radius 3 is 3.05 bits per heavy atom. The van der Waals surface area contributed by atoms with Crippen molar-refractivity contribution in [1.29, 1.82) is 0 Å². The van der Waals surface area contributed by atoms with Gasteiger partial charge in [0.15, 0.2) is 5.65 Å². The number of aromatic nitrogens is 3. The van der Waals surface area contributed by atoms with Crippen molar-refractivity contribution in [2.45, 2.75) is 32.2 Å². The number of carbonyl (C=O) groups excluding carboxylic acids is 1. The van der Waals surface area contributed by atoms with Crippen molar-refractivity contribution in [3.63, 3.8) is 0 Å². The van der Waals surface area contributed by atoms with Crippen LogP contribution in [0.5, 0.6) is 0 Å². The minimum Gasteiger partial charge on any atom is -0.356 e. The molecule has 0 unspecified atom stereocenters. The van der Waals surface area contributed by atoms with Crippen LogP contribution in [0.4, 0.5) is 0 Å². The molecule has 0 bridgehead atoms. The predicted molar refractivity (Wildman–Crippen MR) is 82.7 cm³/mol. The fourth-order valence-corrected chi connectivity index (χ4v) is 2.46. The van der Waals surface area contributed by atoms with Crippen molar-refractivity contribution in [2.24, 2.45) is 0 Å². The number of imidazole rings is 1. The Labute approximate surface area is 130 Å². The van der Waals surface area contributed by atoms with Crippen molar-refractivity contribution in [2.75, 3.05) is 6.54 Å². The summed E-state index contributed by atoms with van der Waals surface area (Å²) in [7, 11) is 0. The highest BCUT2D eigenvalue weighted by Gasteiger charge is 2.12. The Morgan fingerprint density at radius 1 is 1.55 bits per heavy atom. The second-order valence-electron chi connectivity index (χ2n) is 4.41. The zero-order valence-electron chi connectivity index (χ0n) is 11.2. The number of nitrogens with zero attached hydrogens (tertiary/aromatic N) is 3. The fourth-order valence-electron chi connectivity index (χ4n) is 1.94. The molecule has 1 amide bonds. The second kappa shape index (κ2) is 7.04. The third kappa shape index (κ3) is 3.49. The quantitative estimate of drug-likeness (QED) is 0.807. The Kier molecular flexibility index (Phi) is 5.37. The van der Waals surface area contributed by atoms with Crippen LogP contribution in [0.3, 0.4) is 0 Å². The molecular weight excluding hydrogens is 344 g/mol. The first kappa shape index (κ1) is 15.3. The number of aryl methyl sites for hydroxylation is 1. The van der Waals surface area contributed by atoms with Crippen molar-refractivity contribution in [3.05, 3.63) is 22.6 Å². The van der Waals surface area contributed by atoms with Crippen LogP contribution in [-0.4, -0.2) is 27.0 Å². The summed E-state index contributed by atoms with van der Waals surface area (Å²) in [6, 6.07) is 1.89. The standard InChI is InChI=1S/C13H16BrClN4O/c1-2-4-16-12(20)3-5-19-11(7-15)18-10-6-9(14)8-17-13(10)19/h6,8H,2-5,7H2,1H3,(H,16,20). The molecule has 0 fully saturated rings. The number of carbonyl (C=O) groups is 1. The smallest absolute Gasteiger partial charge is 0.221 e. The first-order valence-electron chi connectivity index (χ1n) is 6.49. The normalized spacial score (nSPS) is 10.9. The molecule has 108 valence electrons. The molecule has 0 aliphatic carbocycles. The van der Waals surface area contributed by atoms with E-state index in [-0.39, 0.29) is 5.91 Å². The van der Waals surface area contributed by atoms with Gasteiger partial charge in [0, 0.05) is 30.2 Å². The maximum Gasteiger partial charge on any atom is 0.221 e. The average molecular weight is 360 g/mol. The number of nitrogens with one attached hydrogen (secondary N) is 1. The lowest BCUT2D eigenvalue weighted by Gasteiger charge is -2.07. The predicted octanol–water partition coefficient (Wildman–Crippen LogP) is 2.85. The topological polar surface area (TPSA) is 59.8 Å². The van der Waals surface area contributed by atoms with E-state index >= 15 is 0 Å². The summed E-state index contributed by atoms with van der Waals surface area (Å²) in [5.74, 6) is 1.06. The van der Waals surface area contributed by atoms with Gasteiger partial charge in [0.2, 0.25) is 5.91 Å². The molecule has 0 radical (unpaired) electrons. The minimum absolute atomic E-state index is 0.0336. The number of fused-ring (bicyclic) bond motifs is 1. The first-order chi connectivity index (χ1) is 9.65. The summed E-state index contributed by atoms with van der Waals surface area (Å²) in [5.41, 5.74) is 1.54. The lowest BCUT2D eigenvalue weighted by molar-refractivity contribution is -0.121. The van der Waals surface area contributed by atoms with E-state index in [9.17, 15) is 4.79 Å². The molecule has 2 heterocycles. The molecule has 0 saturated heterocycles. The van der Waals surface area contributed by atoms with E-state index < -0.39 is 0 Å². The number of pyridine rings is 1. The third-order valence-corrected chi connectivity index (χ3v) is 3.56. The van der Waals surface area contributed by atoms with Crippen LogP contribution in [0.1, 0.15) is 25.6 Å². The van der Waals surface area contributed by atoms with Gasteiger partial charge in [-0.15, -0.1) is 11.6 Å². The van der Waals surface area contributed by atoms with Crippen molar-refractivity contribution in [1.82, 2.24) is 19.9 Å². The van der Waals surface area contributed by atoms with Gasteiger partial charge in [0.1, 0.15) is 11.3 Å². The minimum atomic E-state index is 0.0336. The van der Waals surface area contributed by atoms with Crippen LogP contribution in [0.25, 0.3) is 11.2 Å². The van der Waals surface area contributed by atoms with E-state index in [0.29, 0.717) is 25.4 Å². The molecule has 7 heteroatoms. The molecule has 0 aliphatic heterocycles. The third-order valence-electron chi connectivity index (χ3n) is 2.88. The molecule has 2 aromatic rings. The number of hydrogen-bond acceptors (Lipinski definition) is 3. The molecule has 2 rings (SSSR count). The molecular formula is C13H16BrClN4O. The largest absolute Gasteiger partial charge is 0.356 e. The van der Waals surface area contributed by atoms with Crippen molar-refractivity contribution >= 4 is 44.6 Å². The Bertz CT molecular complexity index is 614. The van der Waals surface area contributed by atoms with Crippen LogP contribution in [0, 0.1) is 0 Å². The van der Waals surface area contributed by atoms with Gasteiger partial charge in [-0.1, -0.05) is 6.92 Å². The first-order valence-corrected chi connectivity index (χ1v) is 7.81. The Morgan fingerprint density at radius 2 is 2.35 bits per heavy atom. The van der Waals surface area contributed by atoms with E-state index in [1.807, 2.05) is 17.6 Å². The number of amides is 1. The van der Waals surface area contributed by atoms with E-state index in [1.54, 1.807) is 6.20 Å². The highest BCUT2D eigenvalue weighted by Crippen LogP contribution is 2.19. The van der Waals surface area contributed by atoms with Crippen LogP contribution in [0.2, 0.25) is 0 Å². The van der Waals surface area contributed by atoms with E-state index in [2.05, 4.69) is 31.2 Å². The molecule has 0 atom stereocenters. The molecule has 0 aromatic carbocycles. The molecule has 0 saturated carbocycles. The Balaban J connectivity index is 2.18. The summed E-state index contributed by atoms with van der Waals surface area (Å²) < 4.78 is 2.77. The highest BCUT2D eigenvalue weighted by atomic mass is 79.9. The van der Waals surface area contributed by atoms with Gasteiger partial charge in [-0.05, 0) is 28.4 Å². The van der Waals surface area contributed by atoms with Gasteiger partial charge in [0.25, 0.3) is 0 Å². The van der Waals surface area contributed by atoms with Gasteiger partial charge in [-0.25, -0.2) is 9.97 Å². The summed E-state index contributed by atoms with van der Waals surface area (Å²) in [5, 5.41) is 2.86. The molecule has 0 spiro atoms. The summed E-state index contributed by atoms with van der Waals surface area (Å²) in [6.07, 6.45) is 3.05. The number of hydrogen-bond donors (Lipinski definition) is 1. The van der Waals surface area contributed by atoms with Crippen molar-refractivity contribution < 1.29 is 4.79 Å². The van der Waals surface area contributed by atoms with Gasteiger partial charge in [0.05, 0.1) is 5.88 Å². The SMILES string of the molecule is CCCNC(=O)CCn1c(CCl)nc2cc(Br)cnc21. The number of rotatable bonds is 6. The average Bonchev–Trinajstić information content (AvgIpc) is 2.79. The second-order valence-corrected chi connectivity index (χ2v) is 5.59. The lowest BCUT2D eigenvalue weighted by atomic mass is 10.3. The Hall–Kier alpha value is -1.14. The maximum atomic E-state index is 11.7. The van der Waals surface area contributed by atoms with E-state index in [1.165, 1.54) is 0 Å². The fraction of sp³-hybridized carbons (Fsp3) is 0.462. The molecule has 0 aliphatic rings. The monoisotopic (exact) mass is 358 g/mol. The van der Waals surface area contributed by atoms with Crippen LogP contribution >= 0.6 is 27.5 Å². The van der Waals surface area contributed by atoms with E-state index in [4.69, 9.17) is 11.6 Å². The zero-order chi connectivity index (χ0) is 14.5. The van der Waals surface area contributed by atoms with Gasteiger partial charge < -0.3 is 9.88 Å². The van der Waals surface area contributed by atoms with Crippen LogP contribution in [0.15, 0.2) is 16.7 Å². The highest BCUT2D eigenvalue weighted by molar-refractivity contribution is 9.10. The maximum absolute atomic E-state index is 11.7. The lowest BCUT2D eigenvalue weighted by Crippen LogP contribution is -2.25. The summed E-state index contributed by atoms with van der Waals surface area (Å²) >= 11 is 9.29. The van der Waals surface area contributed by atoms with Gasteiger partial charge >= 0.3 is 0 Å². The van der Waals surface area contributed by atoms with Crippen LogP contribution in [-0.2, 0) is 17.2 Å². The number of halogens is 2. The summed E-state index contributed by atoms with van der Waals surface area (Å²) in [6.45, 7) is 3.26. The van der Waals surface area contributed by atoms with Crippen molar-refractivity contribution in [3.8, 4) is 0 Å². The van der Waals surface area contributed by atoms with Crippen LogP contribution < -0.4 is 5.32 Å². The van der Waals surface area contributed by atoms with E-state index in [0.717, 1.165) is 27.9 Å². The molecule has 1 N–H and O–H groups in total.